The summed E-state index contributed by atoms with van der Waals surface area (Å²) in [6, 6.07) is 15.2. The number of hydrogen-bond donors (Lipinski definition) is 0. The first-order chi connectivity index (χ1) is 10.0. The first-order valence-electron chi connectivity index (χ1n) is 7.23. The maximum absolute atomic E-state index is 6.30. The third kappa shape index (κ3) is 3.11. The third-order valence-corrected chi connectivity index (χ3v) is 5.68. The van der Waals surface area contributed by atoms with Gasteiger partial charge in [0.1, 0.15) is 4.33 Å². The molecule has 1 unspecified atom stereocenters. The molecule has 1 atom stereocenters. The molecule has 0 spiro atoms. The molecule has 1 aliphatic carbocycles. The van der Waals surface area contributed by atoms with Crippen molar-refractivity contribution in [3.8, 4) is 11.1 Å². The first kappa shape index (κ1) is 15.3. The highest BCUT2D eigenvalue weighted by atomic mass is 35.5. The molecular weight excluding hydrogens is 319 g/mol. The summed E-state index contributed by atoms with van der Waals surface area (Å²) < 4.78 is -0.586. The first-order valence-corrected chi connectivity index (χ1v) is 8.97. The lowest BCUT2D eigenvalue weighted by Gasteiger charge is -2.14. The molecule has 3 rings (SSSR count). The minimum atomic E-state index is -0.586. The quantitative estimate of drug-likeness (QED) is 0.457. The van der Waals surface area contributed by atoms with E-state index < -0.39 is 4.33 Å². The summed E-state index contributed by atoms with van der Waals surface area (Å²) in [7, 11) is 0. The van der Waals surface area contributed by atoms with E-state index in [4.69, 9.17) is 23.2 Å². The fourth-order valence-corrected chi connectivity index (χ4v) is 4.09. The van der Waals surface area contributed by atoms with Crippen molar-refractivity contribution in [2.45, 2.75) is 35.4 Å². The molecule has 0 radical (unpaired) electrons. The lowest BCUT2D eigenvalue weighted by Crippen LogP contribution is -1.95. The Labute approximate surface area is 140 Å². The average molecular weight is 337 g/mol. The zero-order valence-corrected chi connectivity index (χ0v) is 14.5. The maximum Gasteiger partial charge on any atom is 0.125 e. The lowest BCUT2D eigenvalue weighted by molar-refractivity contribution is 1.10. The van der Waals surface area contributed by atoms with Gasteiger partial charge in [0.2, 0.25) is 0 Å². The molecule has 2 aromatic rings. The molecule has 1 fully saturated rings. The van der Waals surface area contributed by atoms with Gasteiger partial charge in [0.15, 0.2) is 0 Å². The Kier molecular flexibility index (Phi) is 4.27. The van der Waals surface area contributed by atoms with Crippen LogP contribution in [-0.4, -0.2) is 10.1 Å². The van der Waals surface area contributed by atoms with Gasteiger partial charge < -0.3 is 0 Å². The molecular formula is C18H18Cl2S. The normalized spacial score (nSPS) is 19.5. The number of rotatable bonds is 4. The van der Waals surface area contributed by atoms with E-state index in [1.54, 1.807) is 0 Å². The van der Waals surface area contributed by atoms with E-state index in [-0.39, 0.29) is 5.92 Å². The largest absolute Gasteiger partial charge is 0.126 e. The third-order valence-electron chi connectivity index (χ3n) is 3.89. The fourth-order valence-electron chi connectivity index (χ4n) is 2.73. The topological polar surface area (TPSA) is 0 Å². The van der Waals surface area contributed by atoms with Gasteiger partial charge in [-0.25, -0.2) is 0 Å². The van der Waals surface area contributed by atoms with Gasteiger partial charge in [0.05, 0.1) is 0 Å². The highest BCUT2D eigenvalue weighted by Crippen LogP contribution is 2.61. The molecule has 0 aliphatic heterocycles. The summed E-state index contributed by atoms with van der Waals surface area (Å²) >= 11 is 14.5. The van der Waals surface area contributed by atoms with Crippen LogP contribution < -0.4 is 0 Å². The molecule has 21 heavy (non-hydrogen) atoms. The van der Waals surface area contributed by atoms with Crippen LogP contribution in [0.4, 0.5) is 0 Å². The van der Waals surface area contributed by atoms with Gasteiger partial charge in [0, 0.05) is 10.8 Å². The van der Waals surface area contributed by atoms with Crippen LogP contribution in [0.25, 0.3) is 11.1 Å². The van der Waals surface area contributed by atoms with Gasteiger partial charge in [-0.3, -0.25) is 0 Å². The van der Waals surface area contributed by atoms with E-state index >= 15 is 0 Å². The van der Waals surface area contributed by atoms with Gasteiger partial charge in [-0.1, -0.05) is 48.9 Å². The Hall–Kier alpha value is -0.630. The lowest BCUT2D eigenvalue weighted by atomic mass is 9.95. The smallest absolute Gasteiger partial charge is 0.125 e. The number of hydrogen-bond acceptors (Lipinski definition) is 1. The predicted octanol–water partition coefficient (Wildman–Crippen LogP) is 6.44. The van der Waals surface area contributed by atoms with E-state index in [2.05, 4.69) is 56.3 Å². The highest BCUT2D eigenvalue weighted by molar-refractivity contribution is 7.99. The summed E-state index contributed by atoms with van der Waals surface area (Å²) in [4.78, 5) is 1.32. The summed E-state index contributed by atoms with van der Waals surface area (Å²) in [6.45, 7) is 4.31. The molecule has 0 bridgehead atoms. The summed E-state index contributed by atoms with van der Waals surface area (Å²) in [5.74, 6) is 1.31. The second-order valence-electron chi connectivity index (χ2n) is 5.54. The minimum absolute atomic E-state index is 0.246. The molecule has 3 heteroatoms. The van der Waals surface area contributed by atoms with E-state index in [1.165, 1.54) is 27.1 Å². The van der Waals surface area contributed by atoms with E-state index in [1.807, 2.05) is 11.8 Å². The molecule has 1 saturated carbocycles. The Morgan fingerprint density at radius 3 is 2.52 bits per heavy atom. The van der Waals surface area contributed by atoms with Crippen LogP contribution in [0.2, 0.25) is 0 Å². The van der Waals surface area contributed by atoms with Crippen molar-refractivity contribution in [3.05, 3.63) is 53.6 Å². The van der Waals surface area contributed by atoms with Crippen molar-refractivity contribution >= 4 is 35.0 Å². The van der Waals surface area contributed by atoms with E-state index in [9.17, 15) is 0 Å². The second-order valence-corrected chi connectivity index (χ2v) is 8.39. The zero-order chi connectivity index (χ0) is 15.0. The average Bonchev–Trinajstić information content (AvgIpc) is 3.08. The van der Waals surface area contributed by atoms with Gasteiger partial charge in [-0.15, -0.1) is 35.0 Å². The Morgan fingerprint density at radius 1 is 1.14 bits per heavy atom. The molecule has 2 aromatic carbocycles. The summed E-state index contributed by atoms with van der Waals surface area (Å²) in [6.07, 6.45) is 0.843. The van der Waals surface area contributed by atoms with E-state index in [0.29, 0.717) is 0 Å². The predicted molar refractivity (Wildman–Crippen MR) is 94.8 cm³/mol. The maximum atomic E-state index is 6.30. The highest BCUT2D eigenvalue weighted by Gasteiger charge is 2.53. The van der Waals surface area contributed by atoms with Crippen molar-refractivity contribution in [2.24, 2.45) is 0 Å². The number of thioether (sulfide) groups is 1. The monoisotopic (exact) mass is 336 g/mol. The van der Waals surface area contributed by atoms with Crippen LogP contribution in [0.1, 0.15) is 30.4 Å². The molecule has 0 heterocycles. The van der Waals surface area contributed by atoms with Gasteiger partial charge in [-0.2, -0.15) is 0 Å². The molecule has 1 aliphatic rings. The van der Waals surface area contributed by atoms with E-state index in [0.717, 1.165) is 12.2 Å². The van der Waals surface area contributed by atoms with Crippen LogP contribution in [0.15, 0.2) is 47.4 Å². The van der Waals surface area contributed by atoms with Crippen LogP contribution >= 0.6 is 35.0 Å². The number of benzene rings is 2. The van der Waals surface area contributed by atoms with Crippen LogP contribution in [0.5, 0.6) is 0 Å². The van der Waals surface area contributed by atoms with Crippen LogP contribution in [0, 0.1) is 6.92 Å². The van der Waals surface area contributed by atoms with Gasteiger partial charge in [0.25, 0.3) is 0 Å². The Morgan fingerprint density at radius 2 is 1.86 bits per heavy atom. The molecule has 0 aromatic heterocycles. The van der Waals surface area contributed by atoms with Crippen molar-refractivity contribution in [1.82, 2.24) is 0 Å². The number of aryl methyl sites for hydroxylation is 1. The number of halogens is 2. The second kappa shape index (κ2) is 5.87. The minimum Gasteiger partial charge on any atom is -0.126 e. The molecule has 0 saturated heterocycles. The Balaban J connectivity index is 2.12. The van der Waals surface area contributed by atoms with Crippen LogP contribution in [-0.2, 0) is 0 Å². The number of alkyl halides is 2. The standard InChI is InChI=1S/C18H18Cl2S/c1-3-21-17-7-5-4-6-14(17)15-10-12(2)8-9-13(15)16-11-18(16,19)20/h4-10,16H,3,11H2,1-2H3. The van der Waals surface area contributed by atoms with Crippen molar-refractivity contribution < 1.29 is 0 Å². The molecule has 0 amide bonds. The SMILES string of the molecule is CCSc1ccccc1-c1cc(C)ccc1C1CC1(Cl)Cl. The van der Waals surface area contributed by atoms with Gasteiger partial charge in [-0.05, 0) is 41.9 Å². The fraction of sp³-hybridized carbons (Fsp3) is 0.333. The summed E-state index contributed by atoms with van der Waals surface area (Å²) in [5.41, 5.74) is 5.11. The summed E-state index contributed by atoms with van der Waals surface area (Å²) in [5, 5.41) is 0. The van der Waals surface area contributed by atoms with Crippen molar-refractivity contribution in [3.63, 3.8) is 0 Å². The zero-order valence-electron chi connectivity index (χ0n) is 12.2. The molecule has 0 N–H and O–H groups in total. The van der Waals surface area contributed by atoms with Gasteiger partial charge >= 0.3 is 0 Å². The molecule has 0 nitrogen and oxygen atoms in total. The van der Waals surface area contributed by atoms with Crippen LogP contribution in [0.3, 0.4) is 0 Å². The van der Waals surface area contributed by atoms with Crippen molar-refractivity contribution in [1.29, 1.82) is 0 Å². The van der Waals surface area contributed by atoms with Crippen molar-refractivity contribution in [2.75, 3.05) is 5.75 Å². The molecule has 110 valence electrons. The Bertz CT molecular complexity index is 664.